The van der Waals surface area contributed by atoms with Crippen LogP contribution in [0.3, 0.4) is 0 Å². The molecule has 0 aromatic heterocycles. The molecule has 0 amide bonds. The van der Waals surface area contributed by atoms with Gasteiger partial charge in [0, 0.05) is 12.0 Å². The maximum atomic E-state index is 7.68. The number of benzene rings is 1. The van der Waals surface area contributed by atoms with Crippen LogP contribution >= 0.6 is 0 Å². The Labute approximate surface area is 94.6 Å². The Bertz CT molecular complexity index is 429. The molecule has 0 saturated carbocycles. The first kappa shape index (κ1) is 10.8. The molecule has 0 fully saturated rings. The first-order chi connectivity index (χ1) is 7.65. The van der Waals surface area contributed by atoms with Gasteiger partial charge in [-0.1, -0.05) is 0 Å². The second-order valence-electron chi connectivity index (χ2n) is 3.83. The number of rotatable bonds is 2. The van der Waals surface area contributed by atoms with Crippen LogP contribution in [-0.4, -0.2) is 26.2 Å². The maximum absolute atomic E-state index is 7.68. The van der Waals surface area contributed by atoms with E-state index in [2.05, 4.69) is 0 Å². The molecule has 1 unspecified atom stereocenters. The molecule has 1 aliphatic rings. The molecule has 1 N–H and O–H groups in total. The van der Waals surface area contributed by atoms with Gasteiger partial charge in [0.1, 0.15) is 17.6 Å². The van der Waals surface area contributed by atoms with Gasteiger partial charge >= 0.3 is 0 Å². The van der Waals surface area contributed by atoms with Crippen LogP contribution in [-0.2, 0) is 11.2 Å². The van der Waals surface area contributed by atoms with Gasteiger partial charge in [-0.15, -0.1) is 0 Å². The summed E-state index contributed by atoms with van der Waals surface area (Å²) in [6.45, 7) is 2.02. The predicted molar refractivity (Wildman–Crippen MR) is 60.6 cm³/mol. The summed E-state index contributed by atoms with van der Waals surface area (Å²) >= 11 is 0. The molecule has 1 aromatic rings. The van der Waals surface area contributed by atoms with Gasteiger partial charge in [0.2, 0.25) is 5.90 Å². The molecule has 0 aliphatic carbocycles. The first-order valence-electron chi connectivity index (χ1n) is 5.16. The topological polar surface area (TPSA) is 51.5 Å². The van der Waals surface area contributed by atoms with Gasteiger partial charge in [-0.05, 0) is 19.1 Å². The Balaban J connectivity index is 2.46. The third-order valence-electron chi connectivity index (χ3n) is 2.67. The molecule has 16 heavy (non-hydrogen) atoms. The van der Waals surface area contributed by atoms with Crippen LogP contribution in [0.25, 0.3) is 0 Å². The normalized spacial score (nSPS) is 17.6. The first-order valence-corrected chi connectivity index (χ1v) is 5.16. The summed E-state index contributed by atoms with van der Waals surface area (Å²) in [6, 6.07) is 3.73. The molecule has 0 saturated heterocycles. The number of hydrogen-bond acceptors (Lipinski definition) is 4. The summed E-state index contributed by atoms with van der Waals surface area (Å²) in [6.07, 6.45) is 1.07. The lowest BCUT2D eigenvalue weighted by Gasteiger charge is -2.10. The van der Waals surface area contributed by atoms with Crippen LogP contribution in [0.1, 0.15) is 18.1 Å². The van der Waals surface area contributed by atoms with Gasteiger partial charge in [0.25, 0.3) is 0 Å². The van der Waals surface area contributed by atoms with E-state index in [1.807, 2.05) is 19.1 Å². The summed E-state index contributed by atoms with van der Waals surface area (Å²) in [5.41, 5.74) is 1.75. The third-order valence-corrected chi connectivity index (χ3v) is 2.67. The van der Waals surface area contributed by atoms with Crippen LogP contribution in [0, 0.1) is 5.41 Å². The van der Waals surface area contributed by atoms with Gasteiger partial charge in [0.15, 0.2) is 0 Å². The summed E-state index contributed by atoms with van der Waals surface area (Å²) in [4.78, 5) is 0. The lowest BCUT2D eigenvalue weighted by Crippen LogP contribution is -2.05. The van der Waals surface area contributed by atoms with Gasteiger partial charge < -0.3 is 14.2 Å². The van der Waals surface area contributed by atoms with Gasteiger partial charge in [0.05, 0.1) is 19.8 Å². The van der Waals surface area contributed by atoms with Crippen LogP contribution in [0.2, 0.25) is 0 Å². The summed E-state index contributed by atoms with van der Waals surface area (Å²) in [5, 5.41) is 7.68. The monoisotopic (exact) mass is 221 g/mol. The fourth-order valence-electron chi connectivity index (χ4n) is 1.90. The minimum Gasteiger partial charge on any atom is -0.496 e. The van der Waals surface area contributed by atoms with Crippen molar-refractivity contribution in [3.05, 3.63) is 23.3 Å². The van der Waals surface area contributed by atoms with E-state index >= 15 is 0 Å². The van der Waals surface area contributed by atoms with Crippen LogP contribution in [0.4, 0.5) is 0 Å². The van der Waals surface area contributed by atoms with Crippen molar-refractivity contribution < 1.29 is 14.2 Å². The molecule has 2 rings (SSSR count). The molecule has 1 atom stereocenters. The SMILES string of the molecule is COC(=N)c1cc2c(cc1OC)CC(C)O2. The number of methoxy groups -OCH3 is 2. The molecular formula is C12H15NO3. The zero-order valence-electron chi connectivity index (χ0n) is 9.66. The molecule has 1 heterocycles. The maximum Gasteiger partial charge on any atom is 0.216 e. The van der Waals surface area contributed by atoms with Crippen LogP contribution in [0.5, 0.6) is 11.5 Å². The highest BCUT2D eigenvalue weighted by Crippen LogP contribution is 2.35. The number of ether oxygens (including phenoxy) is 3. The zero-order valence-corrected chi connectivity index (χ0v) is 9.66. The van der Waals surface area contributed by atoms with E-state index in [0.717, 1.165) is 17.7 Å². The molecule has 0 spiro atoms. The van der Waals surface area contributed by atoms with Crippen molar-refractivity contribution in [2.24, 2.45) is 0 Å². The third kappa shape index (κ3) is 1.71. The highest BCUT2D eigenvalue weighted by molar-refractivity contribution is 5.95. The van der Waals surface area contributed by atoms with Crippen molar-refractivity contribution >= 4 is 5.90 Å². The minimum absolute atomic E-state index is 0.0859. The summed E-state index contributed by atoms with van der Waals surface area (Å²) in [7, 11) is 3.06. The van der Waals surface area contributed by atoms with E-state index in [4.69, 9.17) is 19.6 Å². The molecule has 1 aromatic carbocycles. The molecule has 86 valence electrons. The van der Waals surface area contributed by atoms with E-state index in [9.17, 15) is 0 Å². The molecule has 4 nitrogen and oxygen atoms in total. The Morgan fingerprint density at radius 2 is 2.19 bits per heavy atom. The van der Waals surface area contributed by atoms with E-state index in [1.165, 1.54) is 7.11 Å². The Kier molecular flexibility index (Phi) is 2.73. The molecule has 4 heteroatoms. The Hall–Kier alpha value is -1.71. The van der Waals surface area contributed by atoms with E-state index < -0.39 is 0 Å². The Morgan fingerprint density at radius 3 is 2.81 bits per heavy atom. The summed E-state index contributed by atoms with van der Waals surface area (Å²) in [5.74, 6) is 1.57. The molecule has 1 aliphatic heterocycles. The lowest BCUT2D eigenvalue weighted by atomic mass is 10.1. The lowest BCUT2D eigenvalue weighted by molar-refractivity contribution is 0.254. The van der Waals surface area contributed by atoms with E-state index in [-0.39, 0.29) is 12.0 Å². The average molecular weight is 221 g/mol. The molecule has 0 radical (unpaired) electrons. The number of fused-ring (bicyclic) bond motifs is 1. The Morgan fingerprint density at radius 1 is 1.44 bits per heavy atom. The van der Waals surface area contributed by atoms with Crippen molar-refractivity contribution in [2.45, 2.75) is 19.4 Å². The van der Waals surface area contributed by atoms with Crippen LogP contribution < -0.4 is 9.47 Å². The van der Waals surface area contributed by atoms with Crippen molar-refractivity contribution in [1.82, 2.24) is 0 Å². The molecular weight excluding hydrogens is 206 g/mol. The van der Waals surface area contributed by atoms with Crippen LogP contribution in [0.15, 0.2) is 12.1 Å². The van der Waals surface area contributed by atoms with Gasteiger partial charge in [-0.2, -0.15) is 0 Å². The highest BCUT2D eigenvalue weighted by Gasteiger charge is 2.23. The number of hydrogen-bond donors (Lipinski definition) is 1. The predicted octanol–water partition coefficient (Wildman–Crippen LogP) is 1.99. The second-order valence-corrected chi connectivity index (χ2v) is 3.83. The standard InChI is InChI=1S/C12H15NO3/c1-7-4-8-5-11(14-2)9(12(13)15-3)6-10(8)16-7/h5-7,13H,4H2,1-3H3. The van der Waals surface area contributed by atoms with E-state index in [1.54, 1.807) is 7.11 Å². The van der Waals surface area contributed by atoms with Crippen molar-refractivity contribution in [3.63, 3.8) is 0 Å². The van der Waals surface area contributed by atoms with Gasteiger partial charge in [-0.25, -0.2) is 0 Å². The number of nitrogens with one attached hydrogen (secondary N) is 1. The smallest absolute Gasteiger partial charge is 0.216 e. The van der Waals surface area contributed by atoms with E-state index in [0.29, 0.717) is 11.3 Å². The quantitative estimate of drug-likeness (QED) is 0.613. The zero-order chi connectivity index (χ0) is 11.7. The summed E-state index contributed by atoms with van der Waals surface area (Å²) < 4.78 is 15.8. The fourth-order valence-corrected chi connectivity index (χ4v) is 1.90. The second kappa shape index (κ2) is 4.04. The molecule has 0 bridgehead atoms. The van der Waals surface area contributed by atoms with Crippen molar-refractivity contribution in [1.29, 1.82) is 5.41 Å². The highest BCUT2D eigenvalue weighted by atomic mass is 16.5. The fraction of sp³-hybridized carbons (Fsp3) is 0.417. The minimum atomic E-state index is 0.0859. The average Bonchev–Trinajstić information content (AvgIpc) is 2.65. The van der Waals surface area contributed by atoms with Crippen molar-refractivity contribution in [2.75, 3.05) is 14.2 Å². The largest absolute Gasteiger partial charge is 0.496 e. The van der Waals surface area contributed by atoms with Gasteiger partial charge in [-0.3, -0.25) is 5.41 Å². The van der Waals surface area contributed by atoms with Crippen molar-refractivity contribution in [3.8, 4) is 11.5 Å².